The van der Waals surface area contributed by atoms with E-state index in [2.05, 4.69) is 5.32 Å². The summed E-state index contributed by atoms with van der Waals surface area (Å²) in [7, 11) is 1.49. The molecular weight excluding hydrogens is 294 g/mol. The first-order valence-electron chi connectivity index (χ1n) is 5.99. The number of anilines is 1. The van der Waals surface area contributed by atoms with Gasteiger partial charge in [0.1, 0.15) is 11.0 Å². The lowest BCUT2D eigenvalue weighted by molar-refractivity contribution is -0.136. The molecule has 1 aromatic carbocycles. The first kappa shape index (κ1) is 14.8. The second-order valence-corrected chi connectivity index (χ2v) is 5.73. The number of hydrogen-bond donors (Lipinski definition) is 2. The van der Waals surface area contributed by atoms with E-state index in [1.807, 2.05) is 24.5 Å². The largest absolute Gasteiger partial charge is 0.389 e. The molecule has 1 saturated heterocycles. The van der Waals surface area contributed by atoms with E-state index in [-0.39, 0.29) is 23.2 Å². The second kappa shape index (κ2) is 5.80. The first-order valence-corrected chi connectivity index (χ1v) is 7.62. The van der Waals surface area contributed by atoms with Gasteiger partial charge in [0.25, 0.3) is 5.91 Å². The van der Waals surface area contributed by atoms with Crippen LogP contribution in [0.3, 0.4) is 0 Å². The molecule has 1 aromatic rings. The van der Waals surface area contributed by atoms with Crippen LogP contribution in [-0.4, -0.2) is 41.0 Å². The number of carbonyl (C=O) groups excluding carboxylic acids is 2. The van der Waals surface area contributed by atoms with Crippen LogP contribution in [0.25, 0.3) is 0 Å². The van der Waals surface area contributed by atoms with Crippen LogP contribution in [0.2, 0.25) is 0 Å². The van der Waals surface area contributed by atoms with E-state index >= 15 is 0 Å². The van der Waals surface area contributed by atoms with Gasteiger partial charge in [0.15, 0.2) is 0 Å². The Balaban J connectivity index is 2.33. The number of carbonyl (C=O) groups is 2. The molecule has 1 aliphatic heterocycles. The molecule has 0 radical (unpaired) electrons. The van der Waals surface area contributed by atoms with Crippen molar-refractivity contribution in [2.75, 3.05) is 18.6 Å². The summed E-state index contributed by atoms with van der Waals surface area (Å²) >= 11 is 6.61. The molecule has 7 heteroatoms. The lowest BCUT2D eigenvalue weighted by Crippen LogP contribution is -2.32. The van der Waals surface area contributed by atoms with Crippen molar-refractivity contribution in [1.82, 2.24) is 4.90 Å². The van der Waals surface area contributed by atoms with Crippen molar-refractivity contribution in [1.29, 1.82) is 0 Å². The minimum absolute atomic E-state index is 0.148. The third kappa shape index (κ3) is 2.64. The van der Waals surface area contributed by atoms with Crippen LogP contribution < -0.4 is 11.1 Å². The molecule has 0 saturated carbocycles. The molecule has 2 rings (SSSR count). The molecular formula is C13H15N3O2S2. The number of rotatable bonds is 4. The zero-order valence-corrected chi connectivity index (χ0v) is 12.8. The van der Waals surface area contributed by atoms with E-state index in [0.29, 0.717) is 11.3 Å². The zero-order valence-electron chi connectivity index (χ0n) is 11.2. The maximum atomic E-state index is 11.9. The standard InChI is InChI=1S/C13H15N3O2S2/c1-16-10(17)6-8(13(16)18)15-7-4-3-5-9(20-2)11(7)12(14)19/h3-5,8,15H,6H2,1-2H3,(H2,14,19). The maximum Gasteiger partial charge on any atom is 0.251 e. The average molecular weight is 309 g/mol. The van der Waals surface area contributed by atoms with E-state index in [1.54, 1.807) is 0 Å². The molecule has 1 fully saturated rings. The van der Waals surface area contributed by atoms with Gasteiger partial charge in [-0.1, -0.05) is 18.3 Å². The predicted octanol–water partition coefficient (Wildman–Crippen LogP) is 1.21. The molecule has 1 aliphatic rings. The summed E-state index contributed by atoms with van der Waals surface area (Å²) in [6.07, 6.45) is 2.08. The number of nitrogens with zero attached hydrogens (tertiary/aromatic N) is 1. The van der Waals surface area contributed by atoms with Gasteiger partial charge in [-0.3, -0.25) is 14.5 Å². The number of likely N-dealkylation sites (N-methyl/N-ethyl adjacent to an activating group) is 1. The Kier molecular flexibility index (Phi) is 4.29. The van der Waals surface area contributed by atoms with Crippen LogP contribution in [0, 0.1) is 0 Å². The zero-order chi connectivity index (χ0) is 14.9. The van der Waals surface area contributed by atoms with Gasteiger partial charge in [0, 0.05) is 23.2 Å². The number of benzene rings is 1. The van der Waals surface area contributed by atoms with Crippen LogP contribution in [-0.2, 0) is 9.59 Å². The topological polar surface area (TPSA) is 75.4 Å². The maximum absolute atomic E-state index is 11.9. The smallest absolute Gasteiger partial charge is 0.251 e. The number of imide groups is 1. The van der Waals surface area contributed by atoms with Gasteiger partial charge in [-0.05, 0) is 18.4 Å². The van der Waals surface area contributed by atoms with Crippen LogP contribution in [0.15, 0.2) is 23.1 Å². The lowest BCUT2D eigenvalue weighted by atomic mass is 10.1. The van der Waals surface area contributed by atoms with Gasteiger partial charge >= 0.3 is 0 Å². The number of likely N-dealkylation sites (tertiary alicyclic amines) is 1. The summed E-state index contributed by atoms with van der Waals surface area (Å²) in [6.45, 7) is 0. The Labute approximate surface area is 126 Å². The lowest BCUT2D eigenvalue weighted by Gasteiger charge is -2.17. The third-order valence-electron chi connectivity index (χ3n) is 3.20. The van der Waals surface area contributed by atoms with E-state index in [1.165, 1.54) is 18.8 Å². The molecule has 0 aliphatic carbocycles. The number of thiocarbonyl (C=S) groups is 1. The average Bonchev–Trinajstić information content (AvgIpc) is 2.65. The molecule has 0 spiro atoms. The van der Waals surface area contributed by atoms with Crippen LogP contribution in [0.5, 0.6) is 0 Å². The molecule has 0 bridgehead atoms. The van der Waals surface area contributed by atoms with E-state index in [9.17, 15) is 9.59 Å². The van der Waals surface area contributed by atoms with E-state index in [4.69, 9.17) is 18.0 Å². The first-order chi connectivity index (χ1) is 9.45. The Morgan fingerprint density at radius 1 is 1.50 bits per heavy atom. The number of nitrogens with one attached hydrogen (secondary N) is 1. The summed E-state index contributed by atoms with van der Waals surface area (Å²) in [5.74, 6) is -0.427. The van der Waals surface area contributed by atoms with E-state index in [0.717, 1.165) is 9.80 Å². The minimum atomic E-state index is -0.558. The number of thioether (sulfide) groups is 1. The SMILES string of the molecule is CSc1cccc(NC2CC(=O)N(C)C2=O)c1C(N)=S. The molecule has 1 atom stereocenters. The molecule has 1 unspecified atom stereocenters. The second-order valence-electron chi connectivity index (χ2n) is 4.44. The molecule has 5 nitrogen and oxygen atoms in total. The number of hydrogen-bond acceptors (Lipinski definition) is 5. The Bertz CT molecular complexity index is 589. The van der Waals surface area contributed by atoms with Gasteiger partial charge in [-0.15, -0.1) is 11.8 Å². The van der Waals surface area contributed by atoms with Gasteiger partial charge in [-0.25, -0.2) is 0 Å². The number of nitrogens with two attached hydrogens (primary N) is 1. The highest BCUT2D eigenvalue weighted by Gasteiger charge is 2.36. The van der Waals surface area contributed by atoms with Crippen LogP contribution in [0.1, 0.15) is 12.0 Å². The monoisotopic (exact) mass is 309 g/mol. The Morgan fingerprint density at radius 2 is 2.20 bits per heavy atom. The highest BCUT2D eigenvalue weighted by molar-refractivity contribution is 7.98. The normalized spacial score (nSPS) is 18.5. The summed E-state index contributed by atoms with van der Waals surface area (Å²) in [4.78, 5) is 25.8. The fraction of sp³-hybridized carbons (Fsp3) is 0.308. The Morgan fingerprint density at radius 3 is 2.70 bits per heavy atom. The molecule has 1 heterocycles. The molecule has 106 valence electrons. The summed E-state index contributed by atoms with van der Waals surface area (Å²) in [5, 5.41) is 3.08. The van der Waals surface area contributed by atoms with Crippen molar-refractivity contribution in [3.63, 3.8) is 0 Å². The molecule has 20 heavy (non-hydrogen) atoms. The minimum Gasteiger partial charge on any atom is -0.389 e. The number of amides is 2. The van der Waals surface area contributed by atoms with Crippen LogP contribution >= 0.6 is 24.0 Å². The summed E-state index contributed by atoms with van der Waals surface area (Å²) in [6, 6.07) is 5.03. The van der Waals surface area contributed by atoms with Gasteiger partial charge in [0.2, 0.25) is 5.91 Å². The van der Waals surface area contributed by atoms with Crippen molar-refractivity contribution in [2.45, 2.75) is 17.4 Å². The predicted molar refractivity (Wildman–Crippen MR) is 83.9 cm³/mol. The molecule has 2 amide bonds. The van der Waals surface area contributed by atoms with Crippen molar-refractivity contribution in [3.8, 4) is 0 Å². The molecule has 0 aromatic heterocycles. The van der Waals surface area contributed by atoms with Crippen LogP contribution in [0.4, 0.5) is 5.69 Å². The third-order valence-corrected chi connectivity index (χ3v) is 4.19. The highest BCUT2D eigenvalue weighted by Crippen LogP contribution is 2.28. The van der Waals surface area contributed by atoms with Crippen molar-refractivity contribution in [3.05, 3.63) is 23.8 Å². The summed E-state index contributed by atoms with van der Waals surface area (Å²) < 4.78 is 0. The molecule has 3 N–H and O–H groups in total. The quantitative estimate of drug-likeness (QED) is 0.495. The summed E-state index contributed by atoms with van der Waals surface area (Å²) in [5.41, 5.74) is 7.17. The fourth-order valence-corrected chi connectivity index (χ4v) is 3.05. The van der Waals surface area contributed by atoms with Gasteiger partial charge < -0.3 is 11.1 Å². The fourth-order valence-electron chi connectivity index (χ4n) is 2.13. The van der Waals surface area contributed by atoms with E-state index < -0.39 is 6.04 Å². The van der Waals surface area contributed by atoms with Crippen molar-refractivity contribution in [2.24, 2.45) is 5.73 Å². The van der Waals surface area contributed by atoms with Gasteiger partial charge in [-0.2, -0.15) is 0 Å². The van der Waals surface area contributed by atoms with Crippen molar-refractivity contribution < 1.29 is 9.59 Å². The van der Waals surface area contributed by atoms with Crippen molar-refractivity contribution >= 4 is 46.5 Å². The Hall–Kier alpha value is -1.60. The van der Waals surface area contributed by atoms with Gasteiger partial charge in [0.05, 0.1) is 6.42 Å². The highest BCUT2D eigenvalue weighted by atomic mass is 32.2.